The molecule has 0 aliphatic heterocycles. The Hall–Kier alpha value is -3.19. The molecule has 0 aliphatic carbocycles. The van der Waals surface area contributed by atoms with Gasteiger partial charge in [-0.3, -0.25) is 0 Å². The van der Waals surface area contributed by atoms with Crippen LogP contribution in [0.4, 0.5) is 4.39 Å². The maximum atomic E-state index is 14.0. The number of halogens is 1. The summed E-state index contributed by atoms with van der Waals surface area (Å²) in [4.78, 5) is 4.47. The molecule has 3 aromatic rings. The van der Waals surface area contributed by atoms with Gasteiger partial charge in [-0.1, -0.05) is 24.3 Å². The molecule has 3 rings (SSSR count). The van der Waals surface area contributed by atoms with Gasteiger partial charge in [0.1, 0.15) is 11.6 Å². The number of hydrogen-bond donors (Lipinski definition) is 0. The van der Waals surface area contributed by atoms with Crippen LogP contribution in [0.5, 0.6) is 0 Å². The second-order valence-corrected chi connectivity index (χ2v) is 6.01. The molecule has 0 atom stereocenters. The minimum absolute atomic E-state index is 0.301. The normalized spacial score (nSPS) is 11.4. The number of nitriles is 1. The predicted molar refractivity (Wildman–Crippen MR) is 97.7 cm³/mol. The standard InChI is InChI=1S/C21H18FN3/c1-14-8-9-21(24-13-14)25-15(2)10-17(16(25)3)11-18(12-23)19-6-4-5-7-20(19)22/h4-11,13H,1-3H3. The topological polar surface area (TPSA) is 41.6 Å². The predicted octanol–water partition coefficient (Wildman–Crippen LogP) is 5.00. The van der Waals surface area contributed by atoms with Crippen LogP contribution in [0.1, 0.15) is 28.1 Å². The molecule has 4 heteroatoms. The molecule has 0 saturated carbocycles. The molecule has 1 aromatic carbocycles. The second kappa shape index (κ2) is 6.74. The van der Waals surface area contributed by atoms with Crippen LogP contribution in [-0.4, -0.2) is 9.55 Å². The summed E-state index contributed by atoms with van der Waals surface area (Å²) in [6.45, 7) is 5.95. The number of pyridine rings is 1. The van der Waals surface area contributed by atoms with E-state index in [2.05, 4.69) is 11.1 Å². The van der Waals surface area contributed by atoms with Crippen molar-refractivity contribution < 1.29 is 4.39 Å². The maximum absolute atomic E-state index is 14.0. The lowest BCUT2D eigenvalue weighted by molar-refractivity contribution is 0.624. The zero-order chi connectivity index (χ0) is 18.0. The molecule has 3 nitrogen and oxygen atoms in total. The number of aromatic nitrogens is 2. The highest BCUT2D eigenvalue weighted by Gasteiger charge is 2.13. The lowest BCUT2D eigenvalue weighted by Crippen LogP contribution is -2.01. The molecule has 0 radical (unpaired) electrons. The van der Waals surface area contributed by atoms with Crippen LogP contribution in [0.15, 0.2) is 48.7 Å². The summed E-state index contributed by atoms with van der Waals surface area (Å²) < 4.78 is 16.0. The largest absolute Gasteiger partial charge is 0.303 e. The number of nitrogens with zero attached hydrogens (tertiary/aromatic N) is 3. The van der Waals surface area contributed by atoms with E-state index in [9.17, 15) is 9.65 Å². The fourth-order valence-corrected chi connectivity index (χ4v) is 2.88. The van der Waals surface area contributed by atoms with Crippen molar-refractivity contribution in [3.8, 4) is 11.9 Å². The van der Waals surface area contributed by atoms with E-state index in [-0.39, 0.29) is 0 Å². The summed E-state index contributed by atoms with van der Waals surface area (Å²) in [6, 6.07) is 14.4. The van der Waals surface area contributed by atoms with Crippen LogP contribution in [-0.2, 0) is 0 Å². The first-order chi connectivity index (χ1) is 12.0. The van der Waals surface area contributed by atoms with Crippen molar-refractivity contribution in [2.45, 2.75) is 20.8 Å². The van der Waals surface area contributed by atoms with Gasteiger partial charge < -0.3 is 4.57 Å². The summed E-state index contributed by atoms with van der Waals surface area (Å²) in [7, 11) is 0. The van der Waals surface area contributed by atoms with Crippen LogP contribution in [0.3, 0.4) is 0 Å². The minimum atomic E-state index is -0.399. The van der Waals surface area contributed by atoms with Gasteiger partial charge in [-0.05, 0) is 56.2 Å². The fraction of sp³-hybridized carbons (Fsp3) is 0.143. The smallest absolute Gasteiger partial charge is 0.136 e. The Kier molecular flexibility index (Phi) is 4.49. The zero-order valence-corrected chi connectivity index (χ0v) is 14.4. The van der Waals surface area contributed by atoms with Gasteiger partial charge in [-0.25, -0.2) is 9.37 Å². The lowest BCUT2D eigenvalue weighted by atomic mass is 10.0. The van der Waals surface area contributed by atoms with E-state index in [0.29, 0.717) is 11.1 Å². The van der Waals surface area contributed by atoms with Gasteiger partial charge in [-0.15, -0.1) is 0 Å². The summed E-state index contributed by atoms with van der Waals surface area (Å²) in [5.41, 5.74) is 4.54. The average molecular weight is 331 g/mol. The highest BCUT2D eigenvalue weighted by molar-refractivity contribution is 5.90. The molecule has 0 fully saturated rings. The number of rotatable bonds is 3. The van der Waals surface area contributed by atoms with Crippen LogP contribution in [0, 0.1) is 37.9 Å². The van der Waals surface area contributed by atoms with Gasteiger partial charge in [0.05, 0.1) is 11.6 Å². The van der Waals surface area contributed by atoms with E-state index in [1.807, 2.05) is 49.7 Å². The Labute approximate surface area is 146 Å². The average Bonchev–Trinajstić information content (AvgIpc) is 2.88. The third kappa shape index (κ3) is 3.22. The lowest BCUT2D eigenvalue weighted by Gasteiger charge is -2.08. The van der Waals surface area contributed by atoms with Crippen molar-refractivity contribution in [2.75, 3.05) is 0 Å². The maximum Gasteiger partial charge on any atom is 0.136 e. The van der Waals surface area contributed by atoms with Crippen molar-refractivity contribution in [1.82, 2.24) is 9.55 Å². The summed E-state index contributed by atoms with van der Waals surface area (Å²) in [5.74, 6) is 0.425. The molecule has 25 heavy (non-hydrogen) atoms. The number of allylic oxidation sites excluding steroid dienone is 1. The Morgan fingerprint density at radius 2 is 1.92 bits per heavy atom. The molecule has 0 saturated heterocycles. The molecule has 124 valence electrons. The second-order valence-electron chi connectivity index (χ2n) is 6.01. The molecule has 2 aromatic heterocycles. The van der Waals surface area contributed by atoms with Crippen LogP contribution < -0.4 is 0 Å². The first-order valence-corrected chi connectivity index (χ1v) is 8.00. The Morgan fingerprint density at radius 3 is 2.56 bits per heavy atom. The third-order valence-corrected chi connectivity index (χ3v) is 4.18. The Morgan fingerprint density at radius 1 is 1.16 bits per heavy atom. The van der Waals surface area contributed by atoms with E-state index in [1.54, 1.807) is 24.3 Å². The van der Waals surface area contributed by atoms with E-state index in [0.717, 1.165) is 28.3 Å². The van der Waals surface area contributed by atoms with Crippen molar-refractivity contribution in [3.63, 3.8) is 0 Å². The van der Waals surface area contributed by atoms with Gasteiger partial charge in [0.15, 0.2) is 0 Å². The third-order valence-electron chi connectivity index (χ3n) is 4.18. The van der Waals surface area contributed by atoms with E-state index < -0.39 is 5.82 Å². The van der Waals surface area contributed by atoms with Gasteiger partial charge >= 0.3 is 0 Å². The van der Waals surface area contributed by atoms with Crippen molar-refractivity contribution in [3.05, 3.63) is 82.6 Å². The summed E-state index contributed by atoms with van der Waals surface area (Å²) in [6.07, 6.45) is 3.55. The van der Waals surface area contributed by atoms with Crippen molar-refractivity contribution in [1.29, 1.82) is 5.26 Å². The Balaban J connectivity index is 2.10. The summed E-state index contributed by atoms with van der Waals surface area (Å²) >= 11 is 0. The van der Waals surface area contributed by atoms with Crippen molar-refractivity contribution in [2.24, 2.45) is 0 Å². The molecular formula is C21H18FN3. The Bertz CT molecular complexity index is 989. The molecule has 0 spiro atoms. The molecule has 0 amide bonds. The van der Waals surface area contributed by atoms with Gasteiger partial charge in [-0.2, -0.15) is 5.26 Å². The SMILES string of the molecule is Cc1ccc(-n2c(C)cc(C=C(C#N)c3ccccc3F)c2C)nc1. The van der Waals surface area contributed by atoms with Gasteiger partial charge in [0.25, 0.3) is 0 Å². The molecule has 0 aliphatic rings. The van der Waals surface area contributed by atoms with Crippen molar-refractivity contribution >= 4 is 11.6 Å². The van der Waals surface area contributed by atoms with Crippen LogP contribution >= 0.6 is 0 Å². The molecule has 2 heterocycles. The fourth-order valence-electron chi connectivity index (χ4n) is 2.88. The quantitative estimate of drug-likeness (QED) is 0.634. The zero-order valence-electron chi connectivity index (χ0n) is 14.4. The van der Waals surface area contributed by atoms with E-state index in [1.165, 1.54) is 6.07 Å². The van der Waals surface area contributed by atoms with Gasteiger partial charge in [0.2, 0.25) is 0 Å². The van der Waals surface area contributed by atoms with Gasteiger partial charge in [0, 0.05) is 23.1 Å². The van der Waals surface area contributed by atoms with Crippen LogP contribution in [0.25, 0.3) is 17.5 Å². The minimum Gasteiger partial charge on any atom is -0.303 e. The first kappa shape index (κ1) is 16.7. The first-order valence-electron chi connectivity index (χ1n) is 8.00. The number of benzene rings is 1. The van der Waals surface area contributed by atoms with E-state index in [4.69, 9.17) is 0 Å². The van der Waals surface area contributed by atoms with Crippen LogP contribution in [0.2, 0.25) is 0 Å². The molecule has 0 N–H and O–H groups in total. The number of hydrogen-bond acceptors (Lipinski definition) is 2. The highest BCUT2D eigenvalue weighted by Crippen LogP contribution is 2.25. The highest BCUT2D eigenvalue weighted by atomic mass is 19.1. The molecule has 0 unspecified atom stereocenters. The molecule has 0 bridgehead atoms. The summed E-state index contributed by atoms with van der Waals surface area (Å²) in [5, 5.41) is 9.48. The number of aryl methyl sites for hydroxylation is 2. The molecular weight excluding hydrogens is 313 g/mol. The monoisotopic (exact) mass is 331 g/mol. The van der Waals surface area contributed by atoms with E-state index >= 15 is 0 Å².